The minimum absolute atomic E-state index is 0.271. The quantitative estimate of drug-likeness (QED) is 0.722. The van der Waals surface area contributed by atoms with Gasteiger partial charge < -0.3 is 14.8 Å². The Kier molecular flexibility index (Phi) is 5.23. The summed E-state index contributed by atoms with van der Waals surface area (Å²) in [7, 11) is 0. The third-order valence-electron chi connectivity index (χ3n) is 5.34. The predicted octanol–water partition coefficient (Wildman–Crippen LogP) is 5.29. The first kappa shape index (κ1) is 19.3. The summed E-state index contributed by atoms with van der Waals surface area (Å²) in [6, 6.07) is 8.26. The molecule has 27 heavy (non-hydrogen) atoms. The van der Waals surface area contributed by atoms with Gasteiger partial charge in [0, 0.05) is 27.2 Å². The van der Waals surface area contributed by atoms with E-state index in [9.17, 15) is 15.2 Å². The topological polar surface area (TPSA) is 86.3 Å². The van der Waals surface area contributed by atoms with E-state index in [-0.39, 0.29) is 6.42 Å². The standard InChI is InChI=1S/C20H18Cl2N2O3/c1-3-20(19(25)26)17(14-5-4-13(21)8-16(14)22)15(9-23)11(2)24-18(20)12-6-7-27-10-12/h4-8,10,17-18,24H,3H2,1-2H3,(H,25,26). The molecular formula is C20H18Cl2N2O3. The fourth-order valence-electron chi connectivity index (χ4n) is 4.01. The van der Waals surface area contributed by atoms with Gasteiger partial charge >= 0.3 is 5.97 Å². The Hall–Kier alpha value is -2.42. The first-order valence-corrected chi connectivity index (χ1v) is 9.20. The summed E-state index contributed by atoms with van der Waals surface area (Å²) >= 11 is 12.5. The van der Waals surface area contributed by atoms with Gasteiger partial charge in [0.05, 0.1) is 30.2 Å². The van der Waals surface area contributed by atoms with E-state index >= 15 is 0 Å². The molecule has 1 aromatic carbocycles. The lowest BCUT2D eigenvalue weighted by Gasteiger charge is -2.47. The molecule has 3 rings (SSSR count). The molecule has 0 bridgehead atoms. The van der Waals surface area contributed by atoms with Gasteiger partial charge in [-0.05, 0) is 37.1 Å². The molecule has 2 N–H and O–H groups in total. The highest BCUT2D eigenvalue weighted by molar-refractivity contribution is 6.35. The number of benzene rings is 1. The molecule has 0 aliphatic carbocycles. The lowest BCUT2D eigenvalue weighted by Crippen LogP contribution is -2.51. The molecule has 0 fully saturated rings. The van der Waals surface area contributed by atoms with E-state index in [1.165, 1.54) is 12.5 Å². The van der Waals surface area contributed by atoms with Crippen LogP contribution in [0.25, 0.3) is 0 Å². The second-order valence-electron chi connectivity index (χ2n) is 6.58. The number of halogens is 2. The van der Waals surface area contributed by atoms with E-state index in [1.54, 1.807) is 38.1 Å². The Balaban J connectivity index is 2.35. The van der Waals surface area contributed by atoms with Gasteiger partial charge in [-0.2, -0.15) is 5.26 Å². The van der Waals surface area contributed by atoms with Crippen molar-refractivity contribution in [2.24, 2.45) is 5.41 Å². The van der Waals surface area contributed by atoms with Crippen molar-refractivity contribution in [3.8, 4) is 6.07 Å². The van der Waals surface area contributed by atoms with Crippen LogP contribution >= 0.6 is 23.2 Å². The van der Waals surface area contributed by atoms with E-state index in [0.29, 0.717) is 32.4 Å². The van der Waals surface area contributed by atoms with Crippen molar-refractivity contribution >= 4 is 29.2 Å². The number of carboxylic acid groups (broad SMARTS) is 1. The zero-order valence-electron chi connectivity index (χ0n) is 14.8. The maximum Gasteiger partial charge on any atom is 0.313 e. The third kappa shape index (κ3) is 2.99. The Labute approximate surface area is 167 Å². The van der Waals surface area contributed by atoms with Crippen LogP contribution < -0.4 is 5.32 Å². The number of carbonyl (C=O) groups is 1. The monoisotopic (exact) mass is 404 g/mol. The lowest BCUT2D eigenvalue weighted by atomic mass is 9.59. The van der Waals surface area contributed by atoms with Gasteiger partial charge in [0.15, 0.2) is 0 Å². The number of hydrogen-bond acceptors (Lipinski definition) is 4. The molecule has 140 valence electrons. The molecule has 0 radical (unpaired) electrons. The van der Waals surface area contributed by atoms with Crippen molar-refractivity contribution < 1.29 is 14.3 Å². The number of aliphatic carboxylic acids is 1. The molecule has 1 aliphatic heterocycles. The molecular weight excluding hydrogens is 387 g/mol. The molecule has 1 aromatic heterocycles. The van der Waals surface area contributed by atoms with Crippen molar-refractivity contribution in [2.75, 3.05) is 0 Å². The van der Waals surface area contributed by atoms with Crippen LogP contribution in [0.1, 0.15) is 43.4 Å². The number of furan rings is 1. The normalized spacial score (nSPS) is 25.0. The maximum absolute atomic E-state index is 12.7. The molecule has 3 atom stereocenters. The van der Waals surface area contributed by atoms with Gasteiger partial charge in [0.2, 0.25) is 0 Å². The van der Waals surface area contributed by atoms with Crippen molar-refractivity contribution in [3.05, 3.63) is 69.2 Å². The summed E-state index contributed by atoms with van der Waals surface area (Å²) in [5.74, 6) is -1.75. The predicted molar refractivity (Wildman–Crippen MR) is 102 cm³/mol. The van der Waals surface area contributed by atoms with E-state index in [4.69, 9.17) is 27.6 Å². The van der Waals surface area contributed by atoms with Crippen LogP contribution in [0.2, 0.25) is 10.0 Å². The SMILES string of the molecule is CCC1(C(=O)O)C(c2ccoc2)NC(C)=C(C#N)C1c1ccc(Cl)cc1Cl. The number of carboxylic acids is 1. The maximum atomic E-state index is 12.7. The number of hydrogen-bond donors (Lipinski definition) is 2. The second-order valence-corrected chi connectivity index (χ2v) is 7.43. The summed E-state index contributed by atoms with van der Waals surface area (Å²) in [4.78, 5) is 12.7. The van der Waals surface area contributed by atoms with Crippen LogP contribution in [-0.2, 0) is 4.79 Å². The highest BCUT2D eigenvalue weighted by Gasteiger charge is 2.56. The third-order valence-corrected chi connectivity index (χ3v) is 5.90. The van der Waals surface area contributed by atoms with Crippen molar-refractivity contribution in [3.63, 3.8) is 0 Å². The molecule has 0 amide bonds. The van der Waals surface area contributed by atoms with Crippen molar-refractivity contribution in [1.82, 2.24) is 5.32 Å². The lowest BCUT2D eigenvalue weighted by molar-refractivity contribution is -0.153. The van der Waals surface area contributed by atoms with Gasteiger partial charge in [0.1, 0.15) is 5.41 Å². The van der Waals surface area contributed by atoms with Crippen LogP contribution in [0.15, 0.2) is 52.5 Å². The fourth-order valence-corrected chi connectivity index (χ4v) is 4.52. The van der Waals surface area contributed by atoms with E-state index in [2.05, 4.69) is 11.4 Å². The number of nitrogens with zero attached hydrogens (tertiary/aromatic N) is 1. The minimum Gasteiger partial charge on any atom is -0.481 e. The largest absolute Gasteiger partial charge is 0.481 e. The van der Waals surface area contributed by atoms with Crippen LogP contribution in [0.5, 0.6) is 0 Å². The van der Waals surface area contributed by atoms with Gasteiger partial charge in [-0.1, -0.05) is 36.2 Å². The summed E-state index contributed by atoms with van der Waals surface area (Å²) in [6.45, 7) is 3.57. The average molecular weight is 405 g/mol. The second kappa shape index (κ2) is 7.30. The van der Waals surface area contributed by atoms with E-state index < -0.39 is 23.3 Å². The Morgan fingerprint density at radius 3 is 2.67 bits per heavy atom. The number of nitrogens with one attached hydrogen (secondary N) is 1. The Bertz CT molecular complexity index is 947. The molecule has 0 saturated carbocycles. The molecule has 5 nitrogen and oxygen atoms in total. The van der Waals surface area contributed by atoms with Crippen molar-refractivity contribution in [1.29, 1.82) is 5.26 Å². The van der Waals surface area contributed by atoms with E-state index in [0.717, 1.165) is 0 Å². The smallest absolute Gasteiger partial charge is 0.313 e. The van der Waals surface area contributed by atoms with Crippen LogP contribution in [0.3, 0.4) is 0 Å². The molecule has 7 heteroatoms. The molecule has 0 spiro atoms. The molecule has 2 heterocycles. The Morgan fingerprint density at radius 2 is 2.15 bits per heavy atom. The Morgan fingerprint density at radius 1 is 1.41 bits per heavy atom. The highest BCUT2D eigenvalue weighted by atomic mass is 35.5. The molecule has 2 aromatic rings. The first-order valence-electron chi connectivity index (χ1n) is 8.44. The van der Waals surface area contributed by atoms with Gasteiger partial charge in [0.25, 0.3) is 0 Å². The highest BCUT2D eigenvalue weighted by Crippen LogP contribution is 2.56. The summed E-state index contributed by atoms with van der Waals surface area (Å²) in [5.41, 5.74) is 0.890. The molecule has 0 saturated heterocycles. The van der Waals surface area contributed by atoms with Gasteiger partial charge in [-0.3, -0.25) is 4.79 Å². The van der Waals surface area contributed by atoms with Gasteiger partial charge in [-0.25, -0.2) is 0 Å². The van der Waals surface area contributed by atoms with Crippen LogP contribution in [0.4, 0.5) is 0 Å². The number of nitriles is 1. The average Bonchev–Trinajstić information content (AvgIpc) is 3.15. The molecule has 3 unspecified atom stereocenters. The zero-order valence-corrected chi connectivity index (χ0v) is 16.3. The number of allylic oxidation sites excluding steroid dienone is 2. The minimum atomic E-state index is -1.34. The summed E-state index contributed by atoms with van der Waals surface area (Å²) in [5, 5.41) is 24.2. The first-order chi connectivity index (χ1) is 12.9. The fraction of sp³-hybridized carbons (Fsp3) is 0.300. The summed E-state index contributed by atoms with van der Waals surface area (Å²) in [6.07, 6.45) is 3.30. The van der Waals surface area contributed by atoms with Crippen LogP contribution in [0, 0.1) is 16.7 Å². The van der Waals surface area contributed by atoms with E-state index in [1.807, 2.05) is 0 Å². The van der Waals surface area contributed by atoms with Crippen molar-refractivity contribution in [2.45, 2.75) is 32.2 Å². The number of rotatable bonds is 4. The van der Waals surface area contributed by atoms with Gasteiger partial charge in [-0.15, -0.1) is 0 Å². The van der Waals surface area contributed by atoms with Crippen LogP contribution in [-0.4, -0.2) is 11.1 Å². The molecule has 1 aliphatic rings. The summed E-state index contributed by atoms with van der Waals surface area (Å²) < 4.78 is 5.20. The zero-order chi connectivity index (χ0) is 19.8.